The first-order valence-corrected chi connectivity index (χ1v) is 5.83. The first-order chi connectivity index (χ1) is 5.76. The standard InChI is InChI=1S/C11H19BrO/c1-7-8(6-12)11(4,5)9(13)10(7,2)3/h9,13H,6H2,1-5H3. The molecule has 1 N–H and O–H groups in total. The predicted molar refractivity (Wildman–Crippen MR) is 60.1 cm³/mol. The highest BCUT2D eigenvalue weighted by atomic mass is 79.9. The van der Waals surface area contributed by atoms with Crippen molar-refractivity contribution in [1.82, 2.24) is 0 Å². The Hall–Kier alpha value is 0.180. The minimum atomic E-state index is -0.271. The van der Waals surface area contributed by atoms with Crippen LogP contribution in [0.5, 0.6) is 0 Å². The first kappa shape index (κ1) is 11.3. The molecule has 0 heterocycles. The van der Waals surface area contributed by atoms with Crippen molar-refractivity contribution >= 4 is 15.9 Å². The van der Waals surface area contributed by atoms with Crippen molar-refractivity contribution < 1.29 is 5.11 Å². The lowest BCUT2D eigenvalue weighted by atomic mass is 9.77. The fourth-order valence-corrected chi connectivity index (χ4v) is 3.56. The van der Waals surface area contributed by atoms with Gasteiger partial charge in [-0.1, -0.05) is 54.8 Å². The number of rotatable bonds is 1. The van der Waals surface area contributed by atoms with Crippen molar-refractivity contribution in [2.75, 3.05) is 5.33 Å². The van der Waals surface area contributed by atoms with Crippen molar-refractivity contribution in [3.05, 3.63) is 11.1 Å². The minimum Gasteiger partial charge on any atom is -0.391 e. The van der Waals surface area contributed by atoms with Gasteiger partial charge in [-0.3, -0.25) is 0 Å². The summed E-state index contributed by atoms with van der Waals surface area (Å²) in [5, 5.41) is 11.1. The summed E-state index contributed by atoms with van der Waals surface area (Å²) in [6.07, 6.45) is -0.271. The van der Waals surface area contributed by atoms with E-state index in [1.165, 1.54) is 11.1 Å². The Balaban J connectivity index is 3.23. The topological polar surface area (TPSA) is 20.2 Å². The Morgan fingerprint density at radius 2 is 1.69 bits per heavy atom. The molecular formula is C11H19BrO. The van der Waals surface area contributed by atoms with E-state index in [0.29, 0.717) is 0 Å². The van der Waals surface area contributed by atoms with E-state index in [-0.39, 0.29) is 16.9 Å². The van der Waals surface area contributed by atoms with Gasteiger partial charge < -0.3 is 5.11 Å². The maximum absolute atomic E-state index is 10.2. The number of halogens is 1. The Bertz CT molecular complexity index is 251. The molecule has 0 saturated heterocycles. The molecule has 2 heteroatoms. The molecule has 0 bridgehead atoms. The van der Waals surface area contributed by atoms with Gasteiger partial charge >= 0.3 is 0 Å². The SMILES string of the molecule is CC1=C(CBr)C(C)(C)C(O)C1(C)C. The third-order valence-corrected chi connectivity index (χ3v) is 4.26. The third kappa shape index (κ3) is 1.39. The Kier molecular flexibility index (Phi) is 2.68. The summed E-state index contributed by atoms with van der Waals surface area (Å²) in [7, 11) is 0. The molecule has 0 saturated carbocycles. The molecule has 0 amide bonds. The molecule has 0 aromatic heterocycles. The Morgan fingerprint density at radius 3 is 1.85 bits per heavy atom. The van der Waals surface area contributed by atoms with Crippen LogP contribution in [0, 0.1) is 10.8 Å². The number of hydrogen-bond acceptors (Lipinski definition) is 1. The van der Waals surface area contributed by atoms with Crippen LogP contribution in [0.4, 0.5) is 0 Å². The Labute approximate surface area is 89.4 Å². The lowest BCUT2D eigenvalue weighted by Crippen LogP contribution is -2.36. The molecule has 1 atom stereocenters. The van der Waals surface area contributed by atoms with Gasteiger partial charge in [0.25, 0.3) is 0 Å². The van der Waals surface area contributed by atoms with Gasteiger partial charge in [-0.25, -0.2) is 0 Å². The van der Waals surface area contributed by atoms with E-state index in [2.05, 4.69) is 50.5 Å². The van der Waals surface area contributed by atoms with Crippen LogP contribution in [0.1, 0.15) is 34.6 Å². The van der Waals surface area contributed by atoms with Gasteiger partial charge in [0.15, 0.2) is 0 Å². The van der Waals surface area contributed by atoms with Gasteiger partial charge in [0, 0.05) is 16.2 Å². The smallest absolute Gasteiger partial charge is 0.0716 e. The molecule has 0 aromatic carbocycles. The second-order valence-corrected chi connectivity index (χ2v) is 5.64. The van der Waals surface area contributed by atoms with E-state index in [4.69, 9.17) is 0 Å². The lowest BCUT2D eigenvalue weighted by Gasteiger charge is -2.33. The predicted octanol–water partition coefficient (Wildman–Crippen LogP) is 3.12. The highest BCUT2D eigenvalue weighted by molar-refractivity contribution is 9.09. The lowest BCUT2D eigenvalue weighted by molar-refractivity contribution is 0.0160. The number of hydrogen-bond donors (Lipinski definition) is 1. The number of aliphatic hydroxyl groups is 1. The monoisotopic (exact) mass is 246 g/mol. The molecule has 1 unspecified atom stereocenters. The second kappa shape index (κ2) is 3.09. The second-order valence-electron chi connectivity index (χ2n) is 5.08. The van der Waals surface area contributed by atoms with Gasteiger partial charge in [0.1, 0.15) is 0 Å². The summed E-state index contributed by atoms with van der Waals surface area (Å²) in [5.41, 5.74) is 2.52. The van der Waals surface area contributed by atoms with Crippen molar-refractivity contribution in [1.29, 1.82) is 0 Å². The molecule has 0 spiro atoms. The van der Waals surface area contributed by atoms with E-state index in [9.17, 15) is 5.11 Å². The molecule has 76 valence electrons. The van der Waals surface area contributed by atoms with Gasteiger partial charge in [-0.05, 0) is 6.92 Å². The first-order valence-electron chi connectivity index (χ1n) is 4.71. The molecule has 1 aliphatic carbocycles. The van der Waals surface area contributed by atoms with E-state index in [1.807, 2.05) is 0 Å². The Morgan fingerprint density at radius 1 is 1.23 bits per heavy atom. The fraction of sp³-hybridized carbons (Fsp3) is 0.818. The fourth-order valence-electron chi connectivity index (χ4n) is 2.42. The van der Waals surface area contributed by atoms with Crippen molar-refractivity contribution in [3.8, 4) is 0 Å². The zero-order chi connectivity index (χ0) is 10.4. The van der Waals surface area contributed by atoms with Crippen LogP contribution in [-0.4, -0.2) is 16.5 Å². The zero-order valence-electron chi connectivity index (χ0n) is 9.11. The number of alkyl halides is 1. The zero-order valence-corrected chi connectivity index (χ0v) is 10.7. The van der Waals surface area contributed by atoms with Crippen LogP contribution < -0.4 is 0 Å². The molecule has 0 aliphatic heterocycles. The van der Waals surface area contributed by atoms with Crippen molar-refractivity contribution in [2.45, 2.75) is 40.7 Å². The normalized spacial score (nSPS) is 31.2. The average Bonchev–Trinajstić information content (AvgIpc) is 2.12. The van der Waals surface area contributed by atoms with Crippen LogP contribution in [0.2, 0.25) is 0 Å². The van der Waals surface area contributed by atoms with Gasteiger partial charge in [0.2, 0.25) is 0 Å². The molecule has 13 heavy (non-hydrogen) atoms. The highest BCUT2D eigenvalue weighted by Crippen LogP contribution is 2.52. The summed E-state index contributed by atoms with van der Waals surface area (Å²) in [6.45, 7) is 10.6. The van der Waals surface area contributed by atoms with E-state index in [1.54, 1.807) is 0 Å². The van der Waals surface area contributed by atoms with Crippen LogP contribution in [0.3, 0.4) is 0 Å². The van der Waals surface area contributed by atoms with Gasteiger partial charge in [-0.15, -0.1) is 0 Å². The molecule has 0 aromatic rings. The maximum Gasteiger partial charge on any atom is 0.0716 e. The summed E-state index contributed by atoms with van der Waals surface area (Å²) in [6, 6.07) is 0. The molecule has 0 fully saturated rings. The van der Waals surface area contributed by atoms with Gasteiger partial charge in [-0.2, -0.15) is 0 Å². The molecule has 1 aliphatic rings. The molecule has 1 nitrogen and oxygen atoms in total. The average molecular weight is 247 g/mol. The molecular weight excluding hydrogens is 228 g/mol. The third-order valence-electron chi connectivity index (χ3n) is 3.70. The quantitative estimate of drug-likeness (QED) is 0.557. The summed E-state index contributed by atoms with van der Waals surface area (Å²) in [5.74, 6) is 0. The van der Waals surface area contributed by atoms with Crippen molar-refractivity contribution in [2.24, 2.45) is 10.8 Å². The highest BCUT2D eigenvalue weighted by Gasteiger charge is 2.49. The van der Waals surface area contributed by atoms with E-state index < -0.39 is 0 Å². The van der Waals surface area contributed by atoms with Crippen LogP contribution in [0.15, 0.2) is 11.1 Å². The number of aliphatic hydroxyl groups excluding tert-OH is 1. The summed E-state index contributed by atoms with van der Waals surface area (Å²) >= 11 is 3.50. The maximum atomic E-state index is 10.2. The van der Waals surface area contributed by atoms with E-state index in [0.717, 1.165) is 5.33 Å². The van der Waals surface area contributed by atoms with Crippen LogP contribution >= 0.6 is 15.9 Å². The summed E-state index contributed by atoms with van der Waals surface area (Å²) in [4.78, 5) is 0. The minimum absolute atomic E-state index is 0.0768. The van der Waals surface area contributed by atoms with E-state index >= 15 is 0 Å². The van der Waals surface area contributed by atoms with Gasteiger partial charge in [0.05, 0.1) is 6.10 Å². The van der Waals surface area contributed by atoms with Crippen molar-refractivity contribution in [3.63, 3.8) is 0 Å². The molecule has 1 rings (SSSR count). The largest absolute Gasteiger partial charge is 0.391 e. The molecule has 0 radical (unpaired) electrons. The summed E-state index contributed by atoms with van der Waals surface area (Å²) < 4.78 is 0. The van der Waals surface area contributed by atoms with Crippen LogP contribution in [-0.2, 0) is 0 Å². The van der Waals surface area contributed by atoms with Crippen LogP contribution in [0.25, 0.3) is 0 Å².